The molecule has 0 fully saturated rings. The molecule has 0 unspecified atom stereocenters. The first kappa shape index (κ1) is 24.0. The number of aliphatic imine (C=N–C) groups is 1. The number of pyridine rings is 1. The van der Waals surface area contributed by atoms with E-state index in [9.17, 15) is 8.78 Å². The molecular weight excluding hydrogens is 486 g/mol. The van der Waals surface area contributed by atoms with Gasteiger partial charge in [0.2, 0.25) is 0 Å². The summed E-state index contributed by atoms with van der Waals surface area (Å²) in [5.41, 5.74) is 0.783. The number of nitrogens with zero attached hydrogens (tertiary/aromatic N) is 3. The third-order valence-corrected chi connectivity index (χ3v) is 7.83. The van der Waals surface area contributed by atoms with E-state index in [2.05, 4.69) is 34.9 Å². The molecule has 0 saturated heterocycles. The first-order valence-corrected chi connectivity index (χ1v) is 15.6. The van der Waals surface area contributed by atoms with Gasteiger partial charge >= 0.3 is 0 Å². The Labute approximate surface area is 201 Å². The standard InChI is InChI=1S/C22H25ClF2N4O2SSi/c1-33(2,3)9-7-30-13-29-12-15(23)19-18(4-5-26-21(19)29)31-20-16(24)10-14(11-17(20)25)28-22-27-6-8-32-22/h4-5,10-12H,6-9,13H2,1-3H3,(H,27,28). The minimum atomic E-state index is -1.20. The van der Waals surface area contributed by atoms with Gasteiger partial charge in [-0.1, -0.05) is 43.0 Å². The molecule has 4 rings (SSSR count). The zero-order valence-electron chi connectivity index (χ0n) is 18.6. The lowest BCUT2D eigenvalue weighted by Gasteiger charge is -2.15. The number of hydrogen-bond acceptors (Lipinski definition) is 6. The summed E-state index contributed by atoms with van der Waals surface area (Å²) in [5.74, 6) is -1.13. The van der Waals surface area contributed by atoms with Crippen molar-refractivity contribution >= 4 is 53.3 Å². The summed E-state index contributed by atoms with van der Waals surface area (Å²) in [5, 5.41) is 4.38. The highest BCUT2D eigenvalue weighted by molar-refractivity contribution is 8.14. The summed E-state index contributed by atoms with van der Waals surface area (Å²) in [6, 6.07) is 4.92. The Balaban J connectivity index is 1.55. The van der Waals surface area contributed by atoms with Gasteiger partial charge in [0.25, 0.3) is 0 Å². The maximum Gasteiger partial charge on any atom is 0.198 e. The molecule has 3 aromatic rings. The number of rotatable bonds is 8. The van der Waals surface area contributed by atoms with E-state index in [1.165, 1.54) is 36.2 Å². The fourth-order valence-corrected chi connectivity index (χ4v) is 5.04. The average molecular weight is 511 g/mol. The van der Waals surface area contributed by atoms with Gasteiger partial charge in [-0.25, -0.2) is 13.8 Å². The number of nitrogens with one attached hydrogen (secondary N) is 1. The second-order valence-corrected chi connectivity index (χ2v) is 15.9. The molecule has 1 N–H and O–H groups in total. The minimum Gasteiger partial charge on any atom is -0.450 e. The summed E-state index contributed by atoms with van der Waals surface area (Å²) in [4.78, 5) is 8.59. The van der Waals surface area contributed by atoms with Gasteiger partial charge in [0, 0.05) is 50.6 Å². The highest BCUT2D eigenvalue weighted by Gasteiger charge is 2.20. The van der Waals surface area contributed by atoms with Crippen molar-refractivity contribution in [2.45, 2.75) is 32.4 Å². The van der Waals surface area contributed by atoms with Crippen LogP contribution >= 0.6 is 23.4 Å². The lowest BCUT2D eigenvalue weighted by atomic mass is 10.2. The fraction of sp³-hybridized carbons (Fsp3) is 0.364. The average Bonchev–Trinajstić information content (AvgIpc) is 3.36. The van der Waals surface area contributed by atoms with E-state index >= 15 is 0 Å². The van der Waals surface area contributed by atoms with Crippen LogP contribution in [0.25, 0.3) is 11.0 Å². The Kier molecular flexibility index (Phi) is 7.27. The van der Waals surface area contributed by atoms with Crippen molar-refractivity contribution in [3.8, 4) is 11.5 Å². The van der Waals surface area contributed by atoms with Crippen LogP contribution in [-0.4, -0.2) is 41.7 Å². The van der Waals surface area contributed by atoms with E-state index in [1.54, 1.807) is 10.8 Å². The summed E-state index contributed by atoms with van der Waals surface area (Å²) < 4.78 is 42.7. The Hall–Kier alpha value is -2.14. The van der Waals surface area contributed by atoms with E-state index in [1.807, 2.05) is 0 Å². The molecular formula is C22H25ClF2N4O2SSi. The monoisotopic (exact) mass is 510 g/mol. The molecule has 176 valence electrons. The van der Waals surface area contributed by atoms with Gasteiger partial charge in [0.05, 0.1) is 17.0 Å². The van der Waals surface area contributed by atoms with Crippen LogP contribution in [0.5, 0.6) is 11.5 Å². The second kappa shape index (κ2) is 10.0. The Morgan fingerprint density at radius 2 is 2.00 bits per heavy atom. The molecule has 0 spiro atoms. The molecule has 2 aromatic heterocycles. The van der Waals surface area contributed by atoms with E-state index in [0.29, 0.717) is 34.4 Å². The SMILES string of the molecule is C[Si](C)(C)CCOCn1cc(Cl)c2c(Oc3c(F)cc(NC4=NCCS4)cc3F)ccnc21. The van der Waals surface area contributed by atoms with Crippen LogP contribution in [0.3, 0.4) is 0 Å². The maximum absolute atomic E-state index is 14.8. The third-order valence-electron chi connectivity index (χ3n) is 4.95. The first-order valence-electron chi connectivity index (χ1n) is 10.5. The predicted octanol–water partition coefficient (Wildman–Crippen LogP) is 6.59. The molecule has 0 saturated carbocycles. The highest BCUT2D eigenvalue weighted by atomic mass is 35.5. The normalized spacial score (nSPS) is 14.1. The molecule has 1 aliphatic heterocycles. The van der Waals surface area contributed by atoms with Crippen LogP contribution < -0.4 is 10.1 Å². The van der Waals surface area contributed by atoms with Crippen molar-refractivity contribution < 1.29 is 18.3 Å². The number of halogens is 3. The summed E-state index contributed by atoms with van der Waals surface area (Å²) in [7, 11) is -1.20. The third kappa shape index (κ3) is 5.86. The number of ether oxygens (including phenoxy) is 2. The van der Waals surface area contributed by atoms with Gasteiger partial charge < -0.3 is 19.4 Å². The van der Waals surface area contributed by atoms with Gasteiger partial charge in [-0.3, -0.25) is 4.99 Å². The Bertz CT molecular complexity index is 1180. The van der Waals surface area contributed by atoms with Crippen molar-refractivity contribution in [2.75, 3.05) is 24.2 Å². The van der Waals surface area contributed by atoms with Gasteiger partial charge in [0.15, 0.2) is 22.6 Å². The summed E-state index contributed by atoms with van der Waals surface area (Å²) in [6.07, 6.45) is 3.19. The molecule has 1 aromatic carbocycles. The number of thioether (sulfide) groups is 1. The van der Waals surface area contributed by atoms with Crippen LogP contribution in [-0.2, 0) is 11.5 Å². The molecule has 0 radical (unpaired) electrons. The quantitative estimate of drug-likeness (QED) is 0.274. The number of anilines is 1. The van der Waals surface area contributed by atoms with E-state index in [-0.39, 0.29) is 18.2 Å². The van der Waals surface area contributed by atoms with E-state index < -0.39 is 25.5 Å². The van der Waals surface area contributed by atoms with Crippen molar-refractivity contribution in [1.82, 2.24) is 9.55 Å². The largest absolute Gasteiger partial charge is 0.450 e. The van der Waals surface area contributed by atoms with Crippen molar-refractivity contribution in [3.63, 3.8) is 0 Å². The van der Waals surface area contributed by atoms with Gasteiger partial charge in [-0.05, 0) is 12.1 Å². The zero-order valence-corrected chi connectivity index (χ0v) is 21.2. The van der Waals surface area contributed by atoms with Gasteiger partial charge in [-0.15, -0.1) is 0 Å². The van der Waals surface area contributed by atoms with Crippen molar-refractivity contribution in [2.24, 2.45) is 4.99 Å². The second-order valence-electron chi connectivity index (χ2n) is 8.83. The molecule has 0 aliphatic carbocycles. The molecule has 6 nitrogen and oxygen atoms in total. The minimum absolute atomic E-state index is 0.208. The first-order chi connectivity index (χ1) is 15.7. The smallest absolute Gasteiger partial charge is 0.198 e. The lowest BCUT2D eigenvalue weighted by Crippen LogP contribution is -2.22. The van der Waals surface area contributed by atoms with E-state index in [4.69, 9.17) is 21.1 Å². The number of aromatic nitrogens is 2. The molecule has 33 heavy (non-hydrogen) atoms. The van der Waals surface area contributed by atoms with Crippen molar-refractivity contribution in [1.29, 1.82) is 0 Å². The number of amidine groups is 1. The van der Waals surface area contributed by atoms with Crippen LogP contribution in [0, 0.1) is 11.6 Å². The van der Waals surface area contributed by atoms with Gasteiger partial charge in [0.1, 0.15) is 18.1 Å². The van der Waals surface area contributed by atoms with E-state index in [0.717, 1.165) is 11.8 Å². The Morgan fingerprint density at radius 3 is 2.67 bits per heavy atom. The van der Waals surface area contributed by atoms with Crippen LogP contribution in [0.2, 0.25) is 30.7 Å². The van der Waals surface area contributed by atoms with Crippen LogP contribution in [0.15, 0.2) is 35.6 Å². The maximum atomic E-state index is 14.8. The summed E-state index contributed by atoms with van der Waals surface area (Å²) in [6.45, 7) is 8.45. The molecule has 0 bridgehead atoms. The topological polar surface area (TPSA) is 60.7 Å². The zero-order chi connectivity index (χ0) is 23.6. The van der Waals surface area contributed by atoms with Crippen LogP contribution in [0.4, 0.5) is 14.5 Å². The highest BCUT2D eigenvalue weighted by Crippen LogP contribution is 2.37. The number of hydrogen-bond donors (Lipinski definition) is 1. The molecule has 0 atom stereocenters. The molecule has 3 heterocycles. The number of benzene rings is 1. The lowest BCUT2D eigenvalue weighted by molar-refractivity contribution is 0.0899. The molecule has 11 heteroatoms. The van der Waals surface area contributed by atoms with Gasteiger partial charge in [-0.2, -0.15) is 0 Å². The van der Waals surface area contributed by atoms with Crippen molar-refractivity contribution in [3.05, 3.63) is 47.2 Å². The Morgan fingerprint density at radius 1 is 1.24 bits per heavy atom. The van der Waals surface area contributed by atoms with Crippen LogP contribution in [0.1, 0.15) is 0 Å². The molecule has 1 aliphatic rings. The predicted molar refractivity (Wildman–Crippen MR) is 134 cm³/mol. The summed E-state index contributed by atoms with van der Waals surface area (Å²) >= 11 is 7.93. The fourth-order valence-electron chi connectivity index (χ4n) is 3.24. The number of fused-ring (bicyclic) bond motifs is 1. The molecule has 0 amide bonds.